The lowest BCUT2D eigenvalue weighted by Crippen LogP contribution is -2.37. The molecule has 0 saturated heterocycles. The van der Waals surface area contributed by atoms with Gasteiger partial charge in [0.25, 0.3) is 11.8 Å². The molecule has 4 aromatic heterocycles. The summed E-state index contributed by atoms with van der Waals surface area (Å²) in [4.78, 5) is 31.8. The minimum atomic E-state index is 0.0315. The predicted octanol–water partition coefficient (Wildman–Crippen LogP) is 7.16. The zero-order valence-electron chi connectivity index (χ0n) is 31.7. The molecule has 1 N–H and O–H groups in total. The fourth-order valence-electron chi connectivity index (χ4n) is 6.42. The third-order valence-electron chi connectivity index (χ3n) is 9.13. The Labute approximate surface area is 328 Å². The predicted molar refractivity (Wildman–Crippen MR) is 206 cm³/mol. The van der Waals surface area contributed by atoms with Gasteiger partial charge in [-0.25, -0.2) is 9.97 Å². The minimum absolute atomic E-state index is 0.0315. The highest BCUT2D eigenvalue weighted by atomic mass is 35.5. The van der Waals surface area contributed by atoms with Crippen molar-refractivity contribution in [2.24, 2.45) is 0 Å². The molecule has 8 rings (SSSR count). The third-order valence-corrected chi connectivity index (χ3v) is 9.72. The van der Waals surface area contributed by atoms with E-state index in [0.29, 0.717) is 70.3 Å². The summed E-state index contributed by atoms with van der Waals surface area (Å²) in [5.74, 6) is 4.75. The van der Waals surface area contributed by atoms with Crippen molar-refractivity contribution in [3.05, 3.63) is 69.5 Å². The van der Waals surface area contributed by atoms with Gasteiger partial charge in [-0.05, 0) is 77.9 Å². The van der Waals surface area contributed by atoms with Gasteiger partial charge >= 0.3 is 0 Å². The van der Waals surface area contributed by atoms with Gasteiger partial charge in [-0.3, -0.25) is 4.79 Å². The van der Waals surface area contributed by atoms with Crippen LogP contribution in [-0.4, -0.2) is 75.5 Å². The number of aromatic nitrogens is 8. The standard InChI is InChI=1S/C20H22ClN5O3.C18H20ClN5O2/c1-11(2)28-16-6-5-14(9-15(16)21)19-23-20(29-24-19)18-12(3)26-8-7-25(13(4)27)10-17(26)22-18;1-10(2)25-14-5-4-12(8-13(14)19)17-22-18(26-23-17)16-11(3)24-7-6-20-9-15(24)21-16/h5-6,9,11H,7-8,10H2,1-4H3;4-5,8,10,20H,6-7,9H2,1-3H3. The van der Waals surface area contributed by atoms with Gasteiger partial charge in [-0.1, -0.05) is 33.5 Å². The van der Waals surface area contributed by atoms with Crippen molar-refractivity contribution in [2.45, 2.75) is 86.9 Å². The summed E-state index contributed by atoms with van der Waals surface area (Å²) in [7, 11) is 0. The van der Waals surface area contributed by atoms with Crippen LogP contribution in [0.2, 0.25) is 10.0 Å². The molecule has 0 fully saturated rings. The van der Waals surface area contributed by atoms with E-state index in [1.54, 1.807) is 30.0 Å². The Balaban J connectivity index is 0.000000170. The first-order chi connectivity index (χ1) is 26.4. The highest BCUT2D eigenvalue weighted by Crippen LogP contribution is 2.33. The molecule has 0 saturated carbocycles. The zero-order valence-corrected chi connectivity index (χ0v) is 33.2. The van der Waals surface area contributed by atoms with Crippen LogP contribution in [0.5, 0.6) is 11.5 Å². The average molecular weight is 790 g/mol. The maximum absolute atomic E-state index is 11.7. The molecule has 0 radical (unpaired) electrons. The molecule has 2 aliphatic rings. The number of amides is 1. The first kappa shape index (κ1) is 38.0. The molecule has 2 aromatic carbocycles. The number of fused-ring (bicyclic) bond motifs is 2. The average Bonchev–Trinajstić information content (AvgIpc) is 3.96. The van der Waals surface area contributed by atoms with Gasteiger partial charge in [0, 0.05) is 55.6 Å². The number of carbonyl (C=O) groups is 1. The van der Waals surface area contributed by atoms with Crippen LogP contribution in [0.3, 0.4) is 0 Å². The highest BCUT2D eigenvalue weighted by molar-refractivity contribution is 6.32. The second-order valence-electron chi connectivity index (χ2n) is 13.8. The van der Waals surface area contributed by atoms with Crippen LogP contribution in [0, 0.1) is 13.8 Å². The van der Waals surface area contributed by atoms with Crippen LogP contribution < -0.4 is 14.8 Å². The Hall–Kier alpha value is -5.25. The molecule has 55 heavy (non-hydrogen) atoms. The van der Waals surface area contributed by atoms with E-state index in [9.17, 15) is 4.79 Å². The minimum Gasteiger partial charge on any atom is -0.489 e. The second kappa shape index (κ2) is 15.8. The fourth-order valence-corrected chi connectivity index (χ4v) is 6.87. The van der Waals surface area contributed by atoms with E-state index in [4.69, 9.17) is 41.7 Å². The Kier molecular flexibility index (Phi) is 11.0. The largest absolute Gasteiger partial charge is 0.489 e. The quantitative estimate of drug-likeness (QED) is 0.166. The van der Waals surface area contributed by atoms with Gasteiger partial charge in [0.05, 0.1) is 35.3 Å². The molecule has 0 unspecified atom stereocenters. The normalized spacial score (nSPS) is 13.8. The molecule has 0 spiro atoms. The number of hydrogen-bond donors (Lipinski definition) is 1. The van der Waals surface area contributed by atoms with Crippen molar-refractivity contribution < 1.29 is 23.3 Å². The fraction of sp³-hybridized carbons (Fsp3) is 0.395. The number of nitrogens with one attached hydrogen (secondary N) is 1. The molecular weight excluding hydrogens is 747 g/mol. The number of carbonyl (C=O) groups excluding carboxylic acids is 1. The van der Waals surface area contributed by atoms with E-state index in [2.05, 4.69) is 44.7 Å². The zero-order chi connectivity index (χ0) is 39.0. The lowest BCUT2D eigenvalue weighted by molar-refractivity contribution is -0.130. The Morgan fingerprint density at radius 1 is 0.745 bits per heavy atom. The summed E-state index contributed by atoms with van der Waals surface area (Å²) in [6.07, 6.45) is 0.0866. The summed E-state index contributed by atoms with van der Waals surface area (Å²) < 4.78 is 26.5. The van der Waals surface area contributed by atoms with Crippen LogP contribution in [0.25, 0.3) is 45.9 Å². The maximum Gasteiger partial charge on any atom is 0.278 e. The van der Waals surface area contributed by atoms with Gasteiger partial charge in [0.2, 0.25) is 17.6 Å². The van der Waals surface area contributed by atoms with Gasteiger partial charge in [-0.2, -0.15) is 9.97 Å². The van der Waals surface area contributed by atoms with Gasteiger partial charge < -0.3 is 37.9 Å². The summed E-state index contributed by atoms with van der Waals surface area (Å²) in [5.41, 5.74) is 4.84. The Bertz CT molecular complexity index is 2340. The lowest BCUT2D eigenvalue weighted by atomic mass is 10.2. The van der Waals surface area contributed by atoms with Crippen LogP contribution in [0.4, 0.5) is 0 Å². The van der Waals surface area contributed by atoms with Gasteiger partial charge in [0.1, 0.15) is 34.5 Å². The van der Waals surface area contributed by atoms with Gasteiger partial charge in [0.15, 0.2) is 0 Å². The molecule has 0 bridgehead atoms. The molecule has 0 aliphatic carbocycles. The monoisotopic (exact) mass is 788 g/mol. The van der Waals surface area contributed by atoms with Crippen LogP contribution in [-0.2, 0) is 31.0 Å². The smallest absolute Gasteiger partial charge is 0.278 e. The number of halogens is 2. The number of imidazole rings is 2. The molecular formula is C38H42Cl2N10O5. The maximum atomic E-state index is 11.7. The van der Waals surface area contributed by atoms with Crippen molar-refractivity contribution in [1.29, 1.82) is 0 Å². The van der Waals surface area contributed by atoms with Crippen LogP contribution in [0.1, 0.15) is 57.7 Å². The molecule has 2 aliphatic heterocycles. The Morgan fingerprint density at radius 3 is 1.73 bits per heavy atom. The van der Waals surface area contributed by atoms with Crippen molar-refractivity contribution in [3.8, 4) is 57.4 Å². The SMILES string of the molecule is CC(=O)N1CCn2c(nc(-c3nc(-c4ccc(OC(C)C)c(Cl)c4)no3)c2C)C1.Cc1c(-c2nc(-c3ccc(OC(C)C)c(Cl)c3)no2)nc2n1CCNC2. The molecule has 15 nitrogen and oxygen atoms in total. The summed E-state index contributed by atoms with van der Waals surface area (Å²) in [6.45, 7) is 17.8. The number of hydrogen-bond acceptors (Lipinski definition) is 12. The third kappa shape index (κ3) is 8.09. The highest BCUT2D eigenvalue weighted by Gasteiger charge is 2.26. The van der Waals surface area contributed by atoms with E-state index < -0.39 is 0 Å². The second-order valence-corrected chi connectivity index (χ2v) is 14.6. The van der Waals surface area contributed by atoms with Crippen molar-refractivity contribution in [3.63, 3.8) is 0 Å². The molecule has 0 atom stereocenters. The number of nitrogens with zero attached hydrogens (tertiary/aromatic N) is 9. The van der Waals surface area contributed by atoms with E-state index in [-0.39, 0.29) is 18.1 Å². The number of ether oxygens (including phenoxy) is 2. The number of rotatable bonds is 8. The van der Waals surface area contributed by atoms with E-state index in [1.165, 1.54) is 0 Å². The van der Waals surface area contributed by atoms with Crippen LogP contribution >= 0.6 is 23.2 Å². The van der Waals surface area contributed by atoms with E-state index in [0.717, 1.165) is 59.5 Å². The molecule has 6 heterocycles. The lowest BCUT2D eigenvalue weighted by Gasteiger charge is -2.27. The van der Waals surface area contributed by atoms with Crippen molar-refractivity contribution in [1.82, 2.24) is 49.6 Å². The topological polar surface area (TPSA) is 164 Å². The van der Waals surface area contributed by atoms with Gasteiger partial charge in [-0.15, -0.1) is 0 Å². The first-order valence-electron chi connectivity index (χ1n) is 18.1. The van der Waals surface area contributed by atoms with Crippen molar-refractivity contribution >= 4 is 29.1 Å². The summed E-state index contributed by atoms with van der Waals surface area (Å²) in [5, 5.41) is 12.5. The van der Waals surface area contributed by atoms with Crippen molar-refractivity contribution in [2.75, 3.05) is 13.1 Å². The molecule has 288 valence electrons. The summed E-state index contributed by atoms with van der Waals surface area (Å²) in [6, 6.07) is 10.9. The molecule has 17 heteroatoms. The molecule has 1 amide bonds. The van der Waals surface area contributed by atoms with E-state index >= 15 is 0 Å². The van der Waals surface area contributed by atoms with E-state index in [1.807, 2.05) is 59.7 Å². The number of benzene rings is 2. The summed E-state index contributed by atoms with van der Waals surface area (Å²) >= 11 is 12.6. The Morgan fingerprint density at radius 2 is 1.25 bits per heavy atom. The molecule has 6 aromatic rings. The first-order valence-corrected chi connectivity index (χ1v) is 18.8. The van der Waals surface area contributed by atoms with Crippen LogP contribution in [0.15, 0.2) is 45.4 Å².